The number of methoxy groups -OCH3 is 1. The monoisotopic (exact) mass is 476 g/mol. The van der Waals surface area contributed by atoms with Crippen LogP contribution in [0.4, 0.5) is 0 Å². The van der Waals surface area contributed by atoms with Gasteiger partial charge in [0.2, 0.25) is 11.9 Å². The van der Waals surface area contributed by atoms with Crippen LogP contribution in [0.3, 0.4) is 0 Å². The predicted octanol–water partition coefficient (Wildman–Crippen LogP) is 4.38. The molecule has 180 valence electrons. The highest BCUT2D eigenvalue weighted by Crippen LogP contribution is 2.49. The molecular weight excluding hydrogens is 452 g/mol. The molecule has 0 aromatic heterocycles. The molecule has 1 aliphatic heterocycles. The number of carbonyl (C=O) groups excluding carboxylic acids is 2. The normalized spacial score (nSPS) is 17.6. The highest BCUT2D eigenvalue weighted by Gasteiger charge is 2.44. The number of Topliss-reactive ketones (excluding diaryl/α,β-unsaturated/α-hetero) is 1. The summed E-state index contributed by atoms with van der Waals surface area (Å²) in [6, 6.07) is 14.5. The van der Waals surface area contributed by atoms with Gasteiger partial charge in [0.05, 0.1) is 7.11 Å². The van der Waals surface area contributed by atoms with E-state index in [0.717, 1.165) is 0 Å². The first-order valence-corrected chi connectivity index (χ1v) is 10.8. The third-order valence-corrected chi connectivity index (χ3v) is 5.85. The lowest BCUT2D eigenvalue weighted by Crippen LogP contribution is -2.39. The lowest BCUT2D eigenvalue weighted by Gasteiger charge is -2.33. The second-order valence-electron chi connectivity index (χ2n) is 8.02. The Labute approximate surface area is 201 Å². The van der Waals surface area contributed by atoms with Crippen LogP contribution in [0.25, 0.3) is 0 Å². The molecule has 8 heteroatoms. The summed E-state index contributed by atoms with van der Waals surface area (Å²) in [5, 5.41) is 32.0. The lowest BCUT2D eigenvalue weighted by molar-refractivity contribution is -0.148. The molecule has 3 N–H and O–H groups in total. The molecule has 0 spiro atoms. The van der Waals surface area contributed by atoms with Crippen LogP contribution in [-0.4, -0.2) is 40.3 Å². The fourth-order valence-electron chi connectivity index (χ4n) is 4.25. The highest BCUT2D eigenvalue weighted by atomic mass is 16.6. The minimum Gasteiger partial charge on any atom is -0.507 e. The van der Waals surface area contributed by atoms with E-state index in [1.54, 1.807) is 36.4 Å². The molecule has 0 fully saturated rings. The number of fused-ring (bicyclic) bond motifs is 1. The zero-order valence-electron chi connectivity index (χ0n) is 19.1. The first kappa shape index (κ1) is 23.7. The van der Waals surface area contributed by atoms with E-state index >= 15 is 0 Å². The predicted molar refractivity (Wildman–Crippen MR) is 126 cm³/mol. The number of allylic oxidation sites excluding steroid dienone is 1. The van der Waals surface area contributed by atoms with Gasteiger partial charge in [-0.1, -0.05) is 42.5 Å². The molecule has 0 bridgehead atoms. The van der Waals surface area contributed by atoms with Gasteiger partial charge in [-0.2, -0.15) is 0 Å². The first-order valence-electron chi connectivity index (χ1n) is 10.8. The maximum absolute atomic E-state index is 13.5. The Hall–Kier alpha value is -4.46. The van der Waals surface area contributed by atoms with Crippen molar-refractivity contribution < 1.29 is 39.1 Å². The Morgan fingerprint density at radius 2 is 1.80 bits per heavy atom. The molecule has 1 aliphatic rings. The largest absolute Gasteiger partial charge is 0.507 e. The maximum Gasteiger partial charge on any atom is 0.303 e. The van der Waals surface area contributed by atoms with Crippen molar-refractivity contribution in [2.24, 2.45) is 0 Å². The number of phenols is 3. The van der Waals surface area contributed by atoms with E-state index in [1.807, 2.05) is 0 Å². The topological polar surface area (TPSA) is 123 Å². The first-order chi connectivity index (χ1) is 16.8. The number of benzene rings is 3. The average Bonchev–Trinajstić information content (AvgIpc) is 2.84. The van der Waals surface area contributed by atoms with E-state index in [1.165, 1.54) is 38.3 Å². The fourth-order valence-corrected chi connectivity index (χ4v) is 4.25. The summed E-state index contributed by atoms with van der Waals surface area (Å²) in [5.74, 6) is -2.92. The molecule has 1 heterocycles. The van der Waals surface area contributed by atoms with Crippen molar-refractivity contribution in [1.82, 2.24) is 0 Å². The standard InChI is InChI=1S/C27H24O8/c1-4-17(16-10-11-18(29)20(12-16)33-3)22-19(30)13-21-23(24(22)31)25(32)27(34-14(2)28)26(35-21)15-8-6-5-7-9-15/h4-13,17,26-27,29-31H,1H2,2-3H3/t17-,26+,27-/m0/s1. The minimum absolute atomic E-state index is 0.00294. The molecule has 8 nitrogen and oxygen atoms in total. The number of ketones is 1. The number of phenolic OH excluding ortho intramolecular Hbond substituents is 3. The Morgan fingerprint density at radius 1 is 1.09 bits per heavy atom. The fraction of sp³-hybridized carbons (Fsp3) is 0.185. The Kier molecular flexibility index (Phi) is 6.38. The number of aromatic hydroxyl groups is 3. The second-order valence-corrected chi connectivity index (χ2v) is 8.02. The third-order valence-electron chi connectivity index (χ3n) is 5.85. The summed E-state index contributed by atoms with van der Waals surface area (Å²) in [5.41, 5.74) is 0.904. The van der Waals surface area contributed by atoms with Crippen molar-refractivity contribution in [3.8, 4) is 28.7 Å². The van der Waals surface area contributed by atoms with Crippen LogP contribution in [0.2, 0.25) is 0 Å². The van der Waals surface area contributed by atoms with Crippen LogP contribution in [0.5, 0.6) is 28.7 Å². The van der Waals surface area contributed by atoms with Crippen LogP contribution >= 0.6 is 0 Å². The van der Waals surface area contributed by atoms with Crippen LogP contribution in [0, 0.1) is 0 Å². The zero-order chi connectivity index (χ0) is 25.3. The summed E-state index contributed by atoms with van der Waals surface area (Å²) in [4.78, 5) is 25.3. The molecule has 3 aromatic rings. The van der Waals surface area contributed by atoms with Gasteiger partial charge >= 0.3 is 5.97 Å². The lowest BCUT2D eigenvalue weighted by atomic mass is 9.85. The Morgan fingerprint density at radius 3 is 2.43 bits per heavy atom. The molecule has 0 unspecified atom stereocenters. The molecule has 35 heavy (non-hydrogen) atoms. The molecule has 0 amide bonds. The number of ether oxygens (including phenoxy) is 3. The highest BCUT2D eigenvalue weighted by molar-refractivity contribution is 6.07. The molecule has 0 saturated heterocycles. The van der Waals surface area contributed by atoms with Crippen LogP contribution < -0.4 is 9.47 Å². The van der Waals surface area contributed by atoms with Gasteiger partial charge < -0.3 is 29.5 Å². The molecule has 4 rings (SSSR count). The maximum atomic E-state index is 13.5. The molecule has 0 radical (unpaired) electrons. The number of esters is 1. The number of rotatable bonds is 6. The van der Waals surface area contributed by atoms with Crippen molar-refractivity contribution in [3.63, 3.8) is 0 Å². The van der Waals surface area contributed by atoms with Gasteiger partial charge in [0.25, 0.3) is 0 Å². The number of hydrogen-bond donors (Lipinski definition) is 3. The Balaban J connectivity index is 1.86. The van der Waals surface area contributed by atoms with Crippen LogP contribution in [-0.2, 0) is 9.53 Å². The van der Waals surface area contributed by atoms with E-state index in [9.17, 15) is 24.9 Å². The average molecular weight is 476 g/mol. The minimum atomic E-state index is -1.35. The van der Waals surface area contributed by atoms with E-state index in [4.69, 9.17) is 14.2 Å². The van der Waals surface area contributed by atoms with E-state index in [0.29, 0.717) is 11.1 Å². The van der Waals surface area contributed by atoms with Crippen molar-refractivity contribution in [2.45, 2.75) is 25.0 Å². The van der Waals surface area contributed by atoms with Gasteiger partial charge in [0.15, 0.2) is 17.6 Å². The summed E-state index contributed by atoms with van der Waals surface area (Å²) >= 11 is 0. The van der Waals surface area contributed by atoms with Crippen LogP contribution in [0.1, 0.15) is 46.0 Å². The number of hydrogen-bond acceptors (Lipinski definition) is 8. The number of carbonyl (C=O) groups is 2. The van der Waals surface area contributed by atoms with E-state index in [-0.39, 0.29) is 34.1 Å². The van der Waals surface area contributed by atoms with Gasteiger partial charge in [-0.25, -0.2) is 0 Å². The van der Waals surface area contributed by atoms with Gasteiger partial charge in [-0.05, 0) is 23.3 Å². The zero-order valence-corrected chi connectivity index (χ0v) is 19.1. The van der Waals surface area contributed by atoms with E-state index in [2.05, 4.69) is 6.58 Å². The van der Waals surface area contributed by atoms with Crippen molar-refractivity contribution in [3.05, 3.63) is 89.5 Å². The van der Waals surface area contributed by atoms with Crippen LogP contribution in [0.15, 0.2) is 67.3 Å². The Bertz CT molecular complexity index is 1300. The van der Waals surface area contributed by atoms with Gasteiger partial charge in [-0.15, -0.1) is 6.58 Å². The molecule has 3 atom stereocenters. The third kappa shape index (κ3) is 4.26. The molecule has 0 aliphatic carbocycles. The molecule has 3 aromatic carbocycles. The summed E-state index contributed by atoms with van der Waals surface area (Å²) < 4.78 is 16.5. The SMILES string of the molecule is C=C[C@@H](c1ccc(O)c(OC)c1)c1c(O)cc2c(c1O)C(=O)[C@H](OC(C)=O)[C@@H](c1ccccc1)O2. The van der Waals surface area contributed by atoms with Crippen molar-refractivity contribution in [1.29, 1.82) is 0 Å². The van der Waals surface area contributed by atoms with E-state index < -0.39 is 35.6 Å². The second kappa shape index (κ2) is 9.42. The molecular formula is C27H24O8. The quantitative estimate of drug-likeness (QED) is 0.354. The van der Waals surface area contributed by atoms with Gasteiger partial charge in [0.1, 0.15) is 22.8 Å². The summed E-state index contributed by atoms with van der Waals surface area (Å²) in [7, 11) is 1.39. The molecule has 0 saturated carbocycles. The van der Waals surface area contributed by atoms with Crippen molar-refractivity contribution >= 4 is 11.8 Å². The van der Waals surface area contributed by atoms with Crippen molar-refractivity contribution in [2.75, 3.05) is 7.11 Å². The summed E-state index contributed by atoms with van der Waals surface area (Å²) in [6.07, 6.45) is -0.847. The van der Waals surface area contributed by atoms with Gasteiger partial charge in [-0.3, -0.25) is 9.59 Å². The van der Waals surface area contributed by atoms with Gasteiger partial charge in [0, 0.05) is 24.5 Å². The summed E-state index contributed by atoms with van der Waals surface area (Å²) in [6.45, 7) is 4.98. The smallest absolute Gasteiger partial charge is 0.303 e.